The first-order chi connectivity index (χ1) is 23.7. The number of esters is 2. The van der Waals surface area contributed by atoms with E-state index in [1.807, 2.05) is 34.6 Å². The summed E-state index contributed by atoms with van der Waals surface area (Å²) < 4.78 is 11.6. The van der Waals surface area contributed by atoms with Crippen LogP contribution in [0.25, 0.3) is 0 Å². The molecule has 1 saturated heterocycles. The molecule has 13 nitrogen and oxygen atoms in total. The van der Waals surface area contributed by atoms with Crippen molar-refractivity contribution in [2.75, 3.05) is 6.61 Å². The number of unbranched alkanes of at least 4 members (excludes halogenated alkanes) is 6. The van der Waals surface area contributed by atoms with Crippen molar-refractivity contribution in [3.8, 4) is 0 Å². The third-order valence-corrected chi connectivity index (χ3v) is 8.66. The molecule has 4 amide bonds. The lowest BCUT2D eigenvalue weighted by atomic mass is 10.0. The molecular weight excluding hydrogens is 644 g/mol. The molecule has 288 valence electrons. The highest BCUT2D eigenvalue weighted by Crippen LogP contribution is 2.17. The molecule has 0 aromatic heterocycles. The quantitative estimate of drug-likeness (QED) is 0.117. The number of cyclic esters (lactones) is 2. The first kappa shape index (κ1) is 44.8. The Morgan fingerprint density at radius 2 is 1.00 bits per heavy atom. The Labute approximate surface area is 299 Å². The van der Waals surface area contributed by atoms with Gasteiger partial charge in [0.05, 0.1) is 19.4 Å². The zero-order chi connectivity index (χ0) is 37.6. The lowest BCUT2D eigenvalue weighted by Crippen LogP contribution is -2.55. The molecule has 1 aliphatic heterocycles. The topological polar surface area (TPSA) is 189 Å². The highest BCUT2D eigenvalue weighted by Gasteiger charge is 2.33. The molecule has 1 fully saturated rings. The van der Waals surface area contributed by atoms with Crippen LogP contribution in [-0.4, -0.2) is 83.7 Å². The maximum Gasteiger partial charge on any atom is 0.328 e. The molecule has 50 heavy (non-hydrogen) atoms. The summed E-state index contributed by atoms with van der Waals surface area (Å²) in [5.41, 5.74) is 0. The Balaban J connectivity index is 3.50. The number of aliphatic hydroxyl groups excluding tert-OH is 1. The summed E-state index contributed by atoms with van der Waals surface area (Å²) in [5, 5.41) is 20.7. The minimum Gasteiger partial charge on any atom is -0.460 e. The van der Waals surface area contributed by atoms with E-state index in [2.05, 4.69) is 28.2 Å². The highest BCUT2D eigenvalue weighted by atomic mass is 16.5. The minimum absolute atomic E-state index is 0.0283. The van der Waals surface area contributed by atoms with Crippen molar-refractivity contribution in [3.63, 3.8) is 0 Å². The van der Waals surface area contributed by atoms with Crippen LogP contribution in [0.2, 0.25) is 0 Å². The van der Waals surface area contributed by atoms with Crippen LogP contribution in [0.1, 0.15) is 145 Å². The first-order valence-corrected chi connectivity index (χ1v) is 19.0. The summed E-state index contributed by atoms with van der Waals surface area (Å²) in [4.78, 5) is 80.4. The lowest BCUT2D eigenvalue weighted by Gasteiger charge is -2.27. The second-order valence-corrected chi connectivity index (χ2v) is 14.4. The molecule has 0 radical (unpaired) electrons. The second kappa shape index (κ2) is 24.8. The summed E-state index contributed by atoms with van der Waals surface area (Å²) in [6.07, 6.45) is 6.51. The van der Waals surface area contributed by atoms with Gasteiger partial charge in [-0.3, -0.25) is 19.2 Å². The molecule has 6 atom stereocenters. The van der Waals surface area contributed by atoms with E-state index in [1.165, 1.54) is 0 Å². The summed E-state index contributed by atoms with van der Waals surface area (Å²) in [7, 11) is 0. The Bertz CT molecular complexity index is 1070. The van der Waals surface area contributed by atoms with E-state index in [-0.39, 0.29) is 37.5 Å². The van der Waals surface area contributed by atoms with Crippen molar-refractivity contribution < 1.29 is 43.3 Å². The van der Waals surface area contributed by atoms with Gasteiger partial charge >= 0.3 is 11.9 Å². The van der Waals surface area contributed by atoms with Gasteiger partial charge in [-0.15, -0.1) is 0 Å². The van der Waals surface area contributed by atoms with Crippen LogP contribution in [0.3, 0.4) is 0 Å². The van der Waals surface area contributed by atoms with Crippen molar-refractivity contribution >= 4 is 35.6 Å². The maximum absolute atomic E-state index is 13.5. The van der Waals surface area contributed by atoms with Crippen molar-refractivity contribution in [2.24, 2.45) is 11.8 Å². The van der Waals surface area contributed by atoms with E-state index in [9.17, 15) is 33.9 Å². The van der Waals surface area contributed by atoms with Gasteiger partial charge in [-0.05, 0) is 56.8 Å². The smallest absolute Gasteiger partial charge is 0.328 e. The van der Waals surface area contributed by atoms with Gasteiger partial charge in [0.1, 0.15) is 36.4 Å². The summed E-state index contributed by atoms with van der Waals surface area (Å²) in [6, 6.07) is -4.45. The number of aliphatic hydroxyl groups is 1. The van der Waals surface area contributed by atoms with Gasteiger partial charge in [0.25, 0.3) is 0 Å². The number of carbonyl (C=O) groups excluding carboxylic acids is 6. The molecule has 0 aromatic rings. The molecule has 0 bridgehead atoms. The number of nitrogens with one attached hydrogen (secondary N) is 4. The Hall–Kier alpha value is -3.22. The predicted molar refractivity (Wildman–Crippen MR) is 191 cm³/mol. The fraction of sp³-hybridized carbons (Fsp3) is 0.838. The van der Waals surface area contributed by atoms with Crippen LogP contribution >= 0.6 is 0 Å². The number of hydrogen-bond acceptors (Lipinski definition) is 9. The average Bonchev–Trinajstić information content (AvgIpc) is 3.04. The normalized spacial score (nSPS) is 25.3. The predicted octanol–water partition coefficient (Wildman–Crippen LogP) is 3.98. The van der Waals surface area contributed by atoms with Gasteiger partial charge in [-0.1, -0.05) is 87.0 Å². The maximum atomic E-state index is 13.5. The average molecular weight is 711 g/mol. The van der Waals surface area contributed by atoms with Crippen LogP contribution in [-0.2, 0) is 38.2 Å². The molecule has 5 N–H and O–H groups in total. The van der Waals surface area contributed by atoms with Gasteiger partial charge in [-0.2, -0.15) is 0 Å². The third-order valence-electron chi connectivity index (χ3n) is 8.66. The summed E-state index contributed by atoms with van der Waals surface area (Å²) >= 11 is 0. The Kier molecular flexibility index (Phi) is 22.3. The monoisotopic (exact) mass is 710 g/mol. The zero-order valence-electron chi connectivity index (χ0n) is 31.6. The largest absolute Gasteiger partial charge is 0.460 e. The van der Waals surface area contributed by atoms with Crippen LogP contribution in [0.15, 0.2) is 0 Å². The van der Waals surface area contributed by atoms with Crippen molar-refractivity contribution in [1.29, 1.82) is 0 Å². The molecule has 13 heteroatoms. The number of ether oxygens (including phenoxy) is 2. The van der Waals surface area contributed by atoms with E-state index >= 15 is 0 Å². The molecule has 0 saturated carbocycles. The van der Waals surface area contributed by atoms with E-state index < -0.39 is 78.5 Å². The fourth-order valence-corrected chi connectivity index (χ4v) is 5.87. The number of amides is 4. The summed E-state index contributed by atoms with van der Waals surface area (Å²) in [5.74, 6) is -3.83. The highest BCUT2D eigenvalue weighted by molar-refractivity contribution is 5.92. The molecular formula is C37H66N4O9. The molecule has 1 aliphatic rings. The van der Waals surface area contributed by atoms with E-state index in [0.717, 1.165) is 38.5 Å². The van der Waals surface area contributed by atoms with Crippen LogP contribution in [0.5, 0.6) is 0 Å². The third kappa shape index (κ3) is 18.1. The number of rotatable bonds is 16. The van der Waals surface area contributed by atoms with Gasteiger partial charge in [0.15, 0.2) is 0 Å². The molecule has 6 unspecified atom stereocenters. The van der Waals surface area contributed by atoms with Crippen molar-refractivity contribution in [3.05, 3.63) is 0 Å². The van der Waals surface area contributed by atoms with Crippen LogP contribution < -0.4 is 21.3 Å². The zero-order valence-corrected chi connectivity index (χ0v) is 31.6. The van der Waals surface area contributed by atoms with Gasteiger partial charge in [0, 0.05) is 0 Å². The molecule has 1 rings (SSSR count). The van der Waals surface area contributed by atoms with Gasteiger partial charge < -0.3 is 35.8 Å². The van der Waals surface area contributed by atoms with E-state index in [1.54, 1.807) is 6.92 Å². The van der Waals surface area contributed by atoms with Crippen molar-refractivity contribution in [1.82, 2.24) is 21.3 Å². The second-order valence-electron chi connectivity index (χ2n) is 14.4. The molecule has 0 aromatic carbocycles. The summed E-state index contributed by atoms with van der Waals surface area (Å²) in [6.45, 7) is 12.7. The standard InChI is InChI=1S/C37H66N4O9/c1-8-11-13-14-16-18-27-22-33(44)39-31(23-42)35(46)41-30(20-25(6)7)37(48)50-26(17-15-12-9-2)21-32(43)38-29(19-24(4)5)34(45)40-28(10-3)36(47)49-27/h24-31,42H,8-23H2,1-7H3,(H,38,43)(H,39,44)(H,40,45)(H,41,46). The lowest BCUT2D eigenvalue weighted by molar-refractivity contribution is -0.155. The van der Waals surface area contributed by atoms with Gasteiger partial charge in [-0.25, -0.2) is 9.59 Å². The fourth-order valence-electron chi connectivity index (χ4n) is 5.87. The Morgan fingerprint density at radius 3 is 1.50 bits per heavy atom. The molecule has 0 spiro atoms. The minimum atomic E-state index is -1.37. The number of carbonyl (C=O) groups is 6. The SMILES string of the molecule is CCCCCCCC1CC(=O)NC(CO)C(=O)NC(CC(C)C)C(=O)OC(CCCCC)CC(=O)NC(CC(C)C)C(=O)NC(CC)C(=O)O1. The van der Waals surface area contributed by atoms with E-state index in [0.29, 0.717) is 32.1 Å². The Morgan fingerprint density at radius 1 is 0.580 bits per heavy atom. The van der Waals surface area contributed by atoms with E-state index in [4.69, 9.17) is 9.47 Å². The van der Waals surface area contributed by atoms with Gasteiger partial charge in [0.2, 0.25) is 23.6 Å². The molecule has 1 heterocycles. The van der Waals surface area contributed by atoms with Crippen LogP contribution in [0.4, 0.5) is 0 Å². The molecule has 0 aliphatic carbocycles. The van der Waals surface area contributed by atoms with Crippen LogP contribution in [0, 0.1) is 11.8 Å². The number of hydrogen-bond donors (Lipinski definition) is 5. The van der Waals surface area contributed by atoms with Crippen molar-refractivity contribution in [2.45, 2.75) is 181 Å². The first-order valence-electron chi connectivity index (χ1n) is 19.0.